The highest BCUT2D eigenvalue weighted by molar-refractivity contribution is 7.22. The van der Waals surface area contributed by atoms with E-state index in [4.69, 9.17) is 14.5 Å². The van der Waals surface area contributed by atoms with Crippen LogP contribution in [0.4, 0.5) is 5.13 Å². The third-order valence-corrected chi connectivity index (χ3v) is 7.05. The van der Waals surface area contributed by atoms with E-state index in [2.05, 4.69) is 36.9 Å². The van der Waals surface area contributed by atoms with Gasteiger partial charge in [0.15, 0.2) is 5.13 Å². The normalized spacial score (nSPS) is 14.1. The smallest absolute Gasteiger partial charge is 0.233 e. The number of fused-ring (bicyclic) bond motifs is 1. The molecule has 0 radical (unpaired) electrons. The molecule has 1 amide bonds. The fourth-order valence-corrected chi connectivity index (χ4v) is 5.18. The lowest BCUT2D eigenvalue weighted by Crippen LogP contribution is -2.39. The highest BCUT2D eigenvalue weighted by Gasteiger charge is 2.22. The van der Waals surface area contributed by atoms with Crippen LogP contribution in [0.15, 0.2) is 36.4 Å². The van der Waals surface area contributed by atoms with Gasteiger partial charge in [0.05, 0.1) is 30.9 Å². The maximum Gasteiger partial charge on any atom is 0.233 e. The van der Waals surface area contributed by atoms with E-state index >= 15 is 0 Å². The zero-order valence-electron chi connectivity index (χ0n) is 20.2. The number of aromatic nitrogens is 1. The molecule has 8 heteroatoms. The Morgan fingerprint density at radius 1 is 1.21 bits per heavy atom. The molecule has 1 fully saturated rings. The van der Waals surface area contributed by atoms with E-state index in [0.717, 1.165) is 71.5 Å². The third kappa shape index (κ3) is 6.48. The van der Waals surface area contributed by atoms with Gasteiger partial charge in [-0.1, -0.05) is 41.2 Å². The van der Waals surface area contributed by atoms with Gasteiger partial charge in [-0.25, -0.2) is 4.98 Å². The number of halogens is 1. The first-order valence-electron chi connectivity index (χ1n) is 11.7. The summed E-state index contributed by atoms with van der Waals surface area (Å²) in [6.07, 6.45) is 1.27. The predicted molar refractivity (Wildman–Crippen MR) is 142 cm³/mol. The lowest BCUT2D eigenvalue weighted by molar-refractivity contribution is -0.118. The van der Waals surface area contributed by atoms with Crippen LogP contribution < -0.4 is 9.64 Å². The van der Waals surface area contributed by atoms with Crippen LogP contribution in [-0.4, -0.2) is 61.8 Å². The molecule has 34 heavy (non-hydrogen) atoms. The van der Waals surface area contributed by atoms with Crippen LogP contribution in [0.2, 0.25) is 0 Å². The molecule has 1 saturated heterocycles. The second-order valence-electron chi connectivity index (χ2n) is 8.49. The minimum Gasteiger partial charge on any atom is -0.492 e. The molecule has 184 valence electrons. The number of anilines is 1. The van der Waals surface area contributed by atoms with Gasteiger partial charge >= 0.3 is 0 Å². The van der Waals surface area contributed by atoms with E-state index < -0.39 is 0 Å². The maximum absolute atomic E-state index is 13.6. The van der Waals surface area contributed by atoms with Gasteiger partial charge in [0.2, 0.25) is 5.91 Å². The lowest BCUT2D eigenvalue weighted by atomic mass is 10.0. The first-order chi connectivity index (χ1) is 16.0. The molecule has 0 bridgehead atoms. The summed E-state index contributed by atoms with van der Waals surface area (Å²) >= 11 is 1.56. The number of carbonyl (C=O) groups excluding carboxylic acids is 1. The van der Waals surface area contributed by atoms with Crippen molar-refractivity contribution >= 4 is 45.0 Å². The van der Waals surface area contributed by atoms with Crippen molar-refractivity contribution < 1.29 is 14.3 Å². The van der Waals surface area contributed by atoms with Crippen molar-refractivity contribution in [3.63, 3.8) is 0 Å². The fraction of sp³-hybridized carbons (Fsp3) is 0.462. The maximum atomic E-state index is 13.6. The Morgan fingerprint density at radius 2 is 2.00 bits per heavy atom. The van der Waals surface area contributed by atoms with Crippen molar-refractivity contribution in [3.8, 4) is 5.75 Å². The Morgan fingerprint density at radius 3 is 2.76 bits per heavy atom. The van der Waals surface area contributed by atoms with E-state index in [1.54, 1.807) is 11.3 Å². The van der Waals surface area contributed by atoms with Gasteiger partial charge in [-0.15, -0.1) is 12.4 Å². The average Bonchev–Trinajstić information content (AvgIpc) is 3.25. The van der Waals surface area contributed by atoms with Crippen LogP contribution in [0.1, 0.15) is 30.0 Å². The molecule has 0 N–H and O–H groups in total. The van der Waals surface area contributed by atoms with Gasteiger partial charge in [-0.05, 0) is 50.5 Å². The molecule has 0 spiro atoms. The fourth-order valence-electron chi connectivity index (χ4n) is 4.15. The molecule has 4 rings (SSSR count). The van der Waals surface area contributed by atoms with Gasteiger partial charge < -0.3 is 9.47 Å². The average molecular weight is 504 g/mol. The Kier molecular flexibility index (Phi) is 9.71. The van der Waals surface area contributed by atoms with Crippen molar-refractivity contribution in [1.82, 2.24) is 9.88 Å². The number of amides is 1. The summed E-state index contributed by atoms with van der Waals surface area (Å²) in [5, 5.41) is 0.745. The van der Waals surface area contributed by atoms with Crippen molar-refractivity contribution in [1.29, 1.82) is 0 Å². The number of nitrogens with zero attached hydrogens (tertiary/aromatic N) is 3. The van der Waals surface area contributed by atoms with Crippen LogP contribution in [0.5, 0.6) is 5.75 Å². The van der Waals surface area contributed by atoms with Gasteiger partial charge in [0, 0.05) is 26.2 Å². The highest BCUT2D eigenvalue weighted by Crippen LogP contribution is 2.34. The molecule has 0 atom stereocenters. The van der Waals surface area contributed by atoms with E-state index in [1.807, 2.05) is 30.0 Å². The SMILES string of the molecule is CCOc1cccc2sc(N(CCCN3CCOCC3)C(=O)Cc3cc(C)ccc3C)nc12.Cl. The number of morpholine rings is 1. The highest BCUT2D eigenvalue weighted by atomic mass is 35.5. The minimum absolute atomic E-state index is 0. The van der Waals surface area contributed by atoms with E-state index in [0.29, 0.717) is 19.6 Å². The Labute approximate surface area is 212 Å². The number of carbonyl (C=O) groups is 1. The topological polar surface area (TPSA) is 54.9 Å². The monoisotopic (exact) mass is 503 g/mol. The van der Waals surface area contributed by atoms with Gasteiger partial charge in [-0.2, -0.15) is 0 Å². The molecule has 0 saturated carbocycles. The molecule has 1 aliphatic heterocycles. The molecular formula is C26H34ClN3O3S. The molecular weight excluding hydrogens is 470 g/mol. The van der Waals surface area contributed by atoms with Gasteiger partial charge in [0.25, 0.3) is 0 Å². The largest absolute Gasteiger partial charge is 0.492 e. The second kappa shape index (κ2) is 12.5. The quantitative estimate of drug-likeness (QED) is 0.410. The number of aryl methyl sites for hydroxylation is 2. The van der Waals surface area contributed by atoms with Crippen molar-refractivity contribution in [2.24, 2.45) is 0 Å². The summed E-state index contributed by atoms with van der Waals surface area (Å²) in [7, 11) is 0. The summed E-state index contributed by atoms with van der Waals surface area (Å²) in [5.74, 6) is 0.857. The van der Waals surface area contributed by atoms with E-state index in [9.17, 15) is 4.79 Å². The number of hydrogen-bond donors (Lipinski definition) is 0. The number of rotatable bonds is 9. The van der Waals surface area contributed by atoms with E-state index in [-0.39, 0.29) is 18.3 Å². The summed E-state index contributed by atoms with van der Waals surface area (Å²) in [5.41, 5.74) is 4.22. The summed E-state index contributed by atoms with van der Waals surface area (Å²) in [6.45, 7) is 11.8. The first-order valence-corrected chi connectivity index (χ1v) is 12.6. The summed E-state index contributed by atoms with van der Waals surface area (Å²) < 4.78 is 12.3. The Bertz CT molecular complexity index is 1100. The number of para-hydroxylation sites is 1. The van der Waals surface area contributed by atoms with Crippen LogP contribution in [0.25, 0.3) is 10.2 Å². The summed E-state index contributed by atoms with van der Waals surface area (Å²) in [6, 6.07) is 12.3. The van der Waals surface area contributed by atoms with Crippen LogP contribution in [-0.2, 0) is 16.0 Å². The molecule has 1 aliphatic rings. The lowest BCUT2D eigenvalue weighted by Gasteiger charge is -2.27. The molecule has 6 nitrogen and oxygen atoms in total. The molecule has 2 aromatic carbocycles. The molecule has 1 aromatic heterocycles. The Hall–Kier alpha value is -2.19. The van der Waals surface area contributed by atoms with E-state index in [1.165, 1.54) is 5.56 Å². The first kappa shape index (κ1) is 26.4. The standard InChI is InChI=1S/C26H33N3O3S.ClH/c1-4-32-22-7-5-8-23-25(22)27-26(33-23)29(12-6-11-28-13-15-31-16-14-28)24(30)18-21-17-19(2)9-10-20(21)3;/h5,7-10,17H,4,6,11-16,18H2,1-3H3;1H. The van der Waals surface area contributed by atoms with Crippen molar-refractivity contribution in [2.75, 3.05) is 50.9 Å². The molecule has 0 unspecified atom stereocenters. The number of thiazole rings is 1. The molecule has 2 heterocycles. The van der Waals surface area contributed by atoms with Gasteiger partial charge in [-0.3, -0.25) is 14.6 Å². The minimum atomic E-state index is 0. The third-order valence-electron chi connectivity index (χ3n) is 6.01. The van der Waals surface area contributed by atoms with Crippen LogP contribution in [0.3, 0.4) is 0 Å². The second-order valence-corrected chi connectivity index (χ2v) is 9.50. The number of ether oxygens (including phenoxy) is 2. The molecule has 0 aliphatic carbocycles. The molecule has 3 aromatic rings. The van der Waals surface area contributed by atoms with Crippen molar-refractivity contribution in [3.05, 3.63) is 53.1 Å². The Balaban J connectivity index is 0.00000324. The van der Waals surface area contributed by atoms with Crippen LogP contribution in [0, 0.1) is 13.8 Å². The number of benzene rings is 2. The zero-order valence-corrected chi connectivity index (χ0v) is 21.8. The summed E-state index contributed by atoms with van der Waals surface area (Å²) in [4.78, 5) is 22.7. The van der Waals surface area contributed by atoms with Crippen molar-refractivity contribution in [2.45, 2.75) is 33.6 Å². The van der Waals surface area contributed by atoms with Crippen LogP contribution >= 0.6 is 23.7 Å². The zero-order chi connectivity index (χ0) is 23.2. The predicted octanol–water partition coefficient (Wildman–Crippen LogP) is 5.03. The number of hydrogen-bond acceptors (Lipinski definition) is 6. The van der Waals surface area contributed by atoms with Gasteiger partial charge in [0.1, 0.15) is 11.3 Å².